The third-order valence-corrected chi connectivity index (χ3v) is 10.0. The van der Waals surface area contributed by atoms with Gasteiger partial charge in [0.05, 0.1) is 17.1 Å². The van der Waals surface area contributed by atoms with Gasteiger partial charge in [0.2, 0.25) is 0 Å². The summed E-state index contributed by atoms with van der Waals surface area (Å²) in [5, 5.41) is 0. The van der Waals surface area contributed by atoms with Gasteiger partial charge in [0.25, 0.3) is 6.71 Å². The summed E-state index contributed by atoms with van der Waals surface area (Å²) < 4.78 is 19.6. The molecule has 0 saturated heterocycles. The van der Waals surface area contributed by atoms with Crippen molar-refractivity contribution < 1.29 is 14.2 Å². The fourth-order valence-electron chi connectivity index (χ4n) is 7.60. The molecule has 5 aromatic rings. The van der Waals surface area contributed by atoms with Gasteiger partial charge in [0.15, 0.2) is 11.5 Å². The van der Waals surface area contributed by atoms with E-state index in [0.29, 0.717) is 0 Å². The number of hydrogen-bond donors (Lipinski definition) is 0. The highest BCUT2D eigenvalue weighted by Gasteiger charge is 2.44. The van der Waals surface area contributed by atoms with Crippen LogP contribution in [0.3, 0.4) is 0 Å². The molecule has 9 rings (SSSR count). The van der Waals surface area contributed by atoms with Crippen molar-refractivity contribution in [2.45, 2.75) is 51.4 Å². The first-order valence-corrected chi connectivity index (χ1v) is 15.3. The molecule has 0 atom stereocenters. The molecule has 1 aliphatic carbocycles. The second-order valence-corrected chi connectivity index (χ2v) is 13.6. The molecule has 0 aromatic heterocycles. The molecule has 3 heterocycles. The van der Waals surface area contributed by atoms with E-state index in [1.165, 1.54) is 29.4 Å². The van der Waals surface area contributed by atoms with Gasteiger partial charge in [-0.1, -0.05) is 70.2 Å². The number of fused-ring (bicyclic) bond motifs is 7. The molecule has 0 unspecified atom stereocenters. The highest BCUT2D eigenvalue weighted by Crippen LogP contribution is 2.51. The fourth-order valence-corrected chi connectivity index (χ4v) is 7.60. The van der Waals surface area contributed by atoms with Gasteiger partial charge in [-0.2, -0.15) is 0 Å². The summed E-state index contributed by atoms with van der Waals surface area (Å²) in [6.07, 6.45) is 2.34. The lowest BCUT2D eigenvalue weighted by Crippen LogP contribution is -2.58. The van der Waals surface area contributed by atoms with E-state index in [2.05, 4.69) is 99.3 Å². The van der Waals surface area contributed by atoms with Crippen LogP contribution in [0.2, 0.25) is 0 Å². The smallest absolute Gasteiger partial charge is 0.260 e. The first-order chi connectivity index (χ1) is 20.8. The summed E-state index contributed by atoms with van der Waals surface area (Å²) in [6, 6.07) is 34.0. The number of ether oxygens (including phenoxy) is 3. The van der Waals surface area contributed by atoms with Crippen molar-refractivity contribution in [3.05, 3.63) is 108 Å². The van der Waals surface area contributed by atoms with Crippen LogP contribution >= 0.6 is 0 Å². The van der Waals surface area contributed by atoms with E-state index in [1.54, 1.807) is 0 Å². The first kappa shape index (κ1) is 24.9. The molecule has 0 saturated carbocycles. The Bertz CT molecular complexity index is 1950. The van der Waals surface area contributed by atoms with Crippen LogP contribution in [0.4, 0.5) is 17.1 Å². The van der Waals surface area contributed by atoms with Gasteiger partial charge >= 0.3 is 0 Å². The van der Waals surface area contributed by atoms with E-state index < -0.39 is 0 Å². The van der Waals surface area contributed by atoms with Gasteiger partial charge < -0.3 is 19.1 Å². The molecular formula is C38H32BNO3. The van der Waals surface area contributed by atoms with Gasteiger partial charge in [-0.05, 0) is 94.3 Å². The molecule has 0 radical (unpaired) electrons. The molecule has 5 heteroatoms. The zero-order chi connectivity index (χ0) is 29.1. The Hall–Kier alpha value is -4.64. The molecule has 0 fully saturated rings. The maximum atomic E-state index is 6.70. The molecule has 210 valence electrons. The Labute approximate surface area is 252 Å². The summed E-state index contributed by atoms with van der Waals surface area (Å²) in [4.78, 5) is 2.27. The Morgan fingerprint density at radius 3 is 1.72 bits per heavy atom. The van der Waals surface area contributed by atoms with Crippen molar-refractivity contribution in [1.82, 2.24) is 0 Å². The summed E-state index contributed by atoms with van der Waals surface area (Å²) in [6.45, 7) is 9.55. The SMILES string of the molecule is CC1(C)CCC(C)(C)c2cc3c(cc21)Oc1cccc2c1B3c1ccc(N3c4ccccc4Oc4ccccc43)cc1O2. The average Bonchev–Trinajstić information content (AvgIpc) is 3.01. The topological polar surface area (TPSA) is 30.9 Å². The first-order valence-electron chi connectivity index (χ1n) is 15.3. The number of anilines is 3. The molecule has 0 bridgehead atoms. The average molecular weight is 561 g/mol. The quantitative estimate of drug-likeness (QED) is 0.189. The van der Waals surface area contributed by atoms with Gasteiger partial charge in [0, 0.05) is 11.5 Å². The van der Waals surface area contributed by atoms with E-state index in [4.69, 9.17) is 14.2 Å². The Morgan fingerprint density at radius 1 is 0.535 bits per heavy atom. The third kappa shape index (κ3) is 3.51. The minimum absolute atomic E-state index is 0.0307. The van der Waals surface area contributed by atoms with Crippen LogP contribution < -0.4 is 35.5 Å². The predicted octanol–water partition coefficient (Wildman–Crippen LogP) is 8.34. The second kappa shape index (κ2) is 8.47. The summed E-state index contributed by atoms with van der Waals surface area (Å²) in [5.41, 5.74) is 9.62. The highest BCUT2D eigenvalue weighted by molar-refractivity contribution is 6.98. The molecule has 5 aromatic carbocycles. The Balaban J connectivity index is 1.24. The van der Waals surface area contributed by atoms with Gasteiger partial charge in [-0.25, -0.2) is 0 Å². The van der Waals surface area contributed by atoms with E-state index in [-0.39, 0.29) is 17.5 Å². The molecule has 3 aliphatic heterocycles. The number of hydrogen-bond acceptors (Lipinski definition) is 4. The fraction of sp³-hybridized carbons (Fsp3) is 0.211. The van der Waals surface area contributed by atoms with Crippen LogP contribution in [0.1, 0.15) is 51.7 Å². The molecular weight excluding hydrogens is 529 g/mol. The molecule has 4 nitrogen and oxygen atoms in total. The molecule has 0 spiro atoms. The summed E-state index contributed by atoms with van der Waals surface area (Å²) in [7, 11) is 0. The number of para-hydroxylation sites is 4. The molecule has 4 aliphatic rings. The van der Waals surface area contributed by atoms with Crippen LogP contribution in [-0.4, -0.2) is 6.71 Å². The predicted molar refractivity (Wildman–Crippen MR) is 174 cm³/mol. The van der Waals surface area contributed by atoms with Gasteiger partial charge in [-0.15, -0.1) is 0 Å². The van der Waals surface area contributed by atoms with Crippen LogP contribution in [0.5, 0.6) is 34.5 Å². The maximum Gasteiger partial charge on any atom is 0.260 e. The lowest BCUT2D eigenvalue weighted by Gasteiger charge is -2.43. The van der Waals surface area contributed by atoms with Crippen LogP contribution in [-0.2, 0) is 10.8 Å². The maximum absolute atomic E-state index is 6.70. The van der Waals surface area contributed by atoms with Gasteiger partial charge in [0.1, 0.15) is 23.0 Å². The minimum atomic E-state index is 0.0307. The number of benzene rings is 5. The van der Waals surface area contributed by atoms with Gasteiger partial charge in [-0.3, -0.25) is 0 Å². The van der Waals surface area contributed by atoms with E-state index in [0.717, 1.165) is 62.5 Å². The van der Waals surface area contributed by atoms with Crippen molar-refractivity contribution in [3.63, 3.8) is 0 Å². The van der Waals surface area contributed by atoms with E-state index in [9.17, 15) is 0 Å². The standard InChI is InChI=1S/C38H32BNO3/c1-37(2)18-19-38(3,4)25-22-35-27(21-24(25)37)39-26-17-16-23(20-34(26)42-32-14-9-15-33(43-35)36(32)39)40-28-10-5-7-12-30(28)41-31-13-8-6-11-29(31)40/h5-17,20-22H,18-19H2,1-4H3. The van der Waals surface area contributed by atoms with Crippen molar-refractivity contribution >= 4 is 40.2 Å². The second-order valence-electron chi connectivity index (χ2n) is 13.6. The van der Waals surface area contributed by atoms with Crippen LogP contribution in [0.25, 0.3) is 0 Å². The van der Waals surface area contributed by atoms with Crippen molar-refractivity contribution in [3.8, 4) is 34.5 Å². The lowest BCUT2D eigenvalue weighted by molar-refractivity contribution is 0.330. The third-order valence-electron chi connectivity index (χ3n) is 10.0. The van der Waals surface area contributed by atoms with Crippen LogP contribution in [0.15, 0.2) is 97.1 Å². The summed E-state index contributed by atoms with van der Waals surface area (Å²) >= 11 is 0. The van der Waals surface area contributed by atoms with E-state index >= 15 is 0 Å². The summed E-state index contributed by atoms with van der Waals surface area (Å²) in [5.74, 6) is 5.25. The van der Waals surface area contributed by atoms with E-state index in [1.807, 2.05) is 30.3 Å². The molecule has 43 heavy (non-hydrogen) atoms. The normalized spacial score (nSPS) is 17.5. The largest absolute Gasteiger partial charge is 0.458 e. The van der Waals surface area contributed by atoms with Crippen molar-refractivity contribution in [1.29, 1.82) is 0 Å². The zero-order valence-electron chi connectivity index (χ0n) is 24.9. The number of rotatable bonds is 1. The monoisotopic (exact) mass is 561 g/mol. The molecule has 0 amide bonds. The Kier molecular flexibility index (Phi) is 4.91. The van der Waals surface area contributed by atoms with Crippen molar-refractivity contribution in [2.75, 3.05) is 4.90 Å². The highest BCUT2D eigenvalue weighted by atomic mass is 16.5. The lowest BCUT2D eigenvalue weighted by atomic mass is 9.34. The van der Waals surface area contributed by atoms with Crippen LogP contribution in [0, 0.1) is 0 Å². The van der Waals surface area contributed by atoms with Crippen molar-refractivity contribution in [2.24, 2.45) is 0 Å². The minimum Gasteiger partial charge on any atom is -0.458 e. The number of nitrogens with zero attached hydrogens (tertiary/aromatic N) is 1. The zero-order valence-corrected chi connectivity index (χ0v) is 24.9. The molecule has 0 N–H and O–H groups in total. The Morgan fingerprint density at radius 2 is 1.07 bits per heavy atom.